The molecule has 0 fully saturated rings. The molecule has 9 heteroatoms. The number of pyridine rings is 1. The van der Waals surface area contributed by atoms with Crippen molar-refractivity contribution >= 4 is 17.7 Å². The van der Waals surface area contributed by atoms with Crippen LogP contribution in [0.25, 0.3) is 11.3 Å². The highest BCUT2D eigenvalue weighted by molar-refractivity contribution is 8.00. The summed E-state index contributed by atoms with van der Waals surface area (Å²) in [6, 6.07) is 12.4. The summed E-state index contributed by atoms with van der Waals surface area (Å²) in [5.74, 6) is -0.373. The normalized spacial score (nSPS) is 12.7. The van der Waals surface area contributed by atoms with Gasteiger partial charge in [-0.15, -0.1) is 0 Å². The van der Waals surface area contributed by atoms with E-state index in [1.165, 1.54) is 6.20 Å². The topological polar surface area (TPSA) is 59.8 Å². The number of carbonyl (C=O) groups excluding carboxylic acids is 1. The van der Waals surface area contributed by atoms with Gasteiger partial charge in [-0.05, 0) is 23.1 Å². The van der Waals surface area contributed by atoms with E-state index in [4.69, 9.17) is 0 Å². The molecular formula is C22H23F3N4OS. The van der Waals surface area contributed by atoms with Crippen LogP contribution in [-0.2, 0) is 17.9 Å². The number of nitrogens with zero attached hydrogens (tertiary/aromatic N) is 3. The minimum absolute atomic E-state index is 0.116. The Kier molecular flexibility index (Phi) is 7.37. The highest BCUT2D eigenvalue weighted by Gasteiger charge is 2.33. The van der Waals surface area contributed by atoms with Crippen LogP contribution < -0.4 is 5.32 Å². The molecule has 0 spiro atoms. The van der Waals surface area contributed by atoms with Crippen LogP contribution >= 0.6 is 11.8 Å². The van der Waals surface area contributed by atoms with Gasteiger partial charge in [0.1, 0.15) is 6.54 Å². The summed E-state index contributed by atoms with van der Waals surface area (Å²) in [5, 5.41) is 2.40. The molecule has 0 saturated heterocycles. The molecule has 5 nitrogen and oxygen atoms in total. The predicted molar refractivity (Wildman–Crippen MR) is 114 cm³/mol. The first kappa shape index (κ1) is 22.9. The Morgan fingerprint density at radius 3 is 2.48 bits per heavy atom. The summed E-state index contributed by atoms with van der Waals surface area (Å²) >= 11 is 1.05. The smallest absolute Gasteiger partial charge is 0.351 e. The van der Waals surface area contributed by atoms with Crippen molar-refractivity contribution in [3.63, 3.8) is 0 Å². The van der Waals surface area contributed by atoms with Crippen LogP contribution in [0.1, 0.15) is 19.4 Å². The van der Waals surface area contributed by atoms with Crippen LogP contribution in [0.4, 0.5) is 13.2 Å². The van der Waals surface area contributed by atoms with Gasteiger partial charge in [0.05, 0.1) is 17.1 Å². The Labute approximate surface area is 183 Å². The van der Waals surface area contributed by atoms with Crippen molar-refractivity contribution in [1.82, 2.24) is 19.9 Å². The molecule has 1 aromatic carbocycles. The maximum absolute atomic E-state index is 13.3. The third-order valence-electron chi connectivity index (χ3n) is 4.51. The zero-order valence-electron chi connectivity index (χ0n) is 17.1. The predicted octanol–water partition coefficient (Wildman–Crippen LogP) is 4.94. The van der Waals surface area contributed by atoms with E-state index in [0.717, 1.165) is 21.9 Å². The number of benzene rings is 1. The number of amides is 1. The molecule has 2 aromatic heterocycles. The van der Waals surface area contributed by atoms with Crippen LogP contribution in [0.3, 0.4) is 0 Å². The van der Waals surface area contributed by atoms with Gasteiger partial charge < -0.3 is 9.88 Å². The summed E-state index contributed by atoms with van der Waals surface area (Å²) < 4.78 is 41.1. The highest BCUT2D eigenvalue weighted by Crippen LogP contribution is 2.33. The van der Waals surface area contributed by atoms with Gasteiger partial charge in [-0.25, -0.2) is 4.98 Å². The van der Waals surface area contributed by atoms with E-state index in [9.17, 15) is 18.0 Å². The van der Waals surface area contributed by atoms with Crippen LogP contribution in [0.5, 0.6) is 0 Å². The van der Waals surface area contributed by atoms with E-state index in [1.807, 2.05) is 19.9 Å². The number of thioether (sulfide) groups is 1. The van der Waals surface area contributed by atoms with Gasteiger partial charge in [-0.1, -0.05) is 62.0 Å². The Bertz CT molecular complexity index is 991. The van der Waals surface area contributed by atoms with Crippen molar-refractivity contribution in [2.45, 2.75) is 43.5 Å². The summed E-state index contributed by atoms with van der Waals surface area (Å²) in [4.78, 5) is 21.1. The number of alkyl halides is 3. The lowest BCUT2D eigenvalue weighted by Gasteiger charge is -2.21. The van der Waals surface area contributed by atoms with Gasteiger partial charge in [0.25, 0.3) is 0 Å². The number of carbonyl (C=O) groups is 1. The van der Waals surface area contributed by atoms with Gasteiger partial charge in [-0.3, -0.25) is 9.78 Å². The van der Waals surface area contributed by atoms with Crippen molar-refractivity contribution in [2.75, 3.05) is 0 Å². The van der Waals surface area contributed by atoms with Crippen molar-refractivity contribution in [2.24, 2.45) is 5.92 Å². The molecule has 0 aliphatic carbocycles. The van der Waals surface area contributed by atoms with Gasteiger partial charge in [0.2, 0.25) is 5.91 Å². The molecule has 0 radical (unpaired) electrons. The summed E-state index contributed by atoms with van der Waals surface area (Å²) in [6.07, 6.45) is 0.298. The SMILES string of the molecule is CC(C)C(Sc1ncc(-c2ccccc2)n1CC(F)(F)F)C(=O)NCc1cccnc1. The number of hydrogen-bond acceptors (Lipinski definition) is 4. The molecule has 0 aliphatic rings. The second kappa shape index (κ2) is 10.00. The van der Waals surface area contributed by atoms with Crippen molar-refractivity contribution in [3.05, 3.63) is 66.6 Å². The van der Waals surface area contributed by atoms with E-state index < -0.39 is 18.0 Å². The number of nitrogens with one attached hydrogen (secondary N) is 1. The second-order valence-corrected chi connectivity index (χ2v) is 8.46. The summed E-state index contributed by atoms with van der Waals surface area (Å²) in [6.45, 7) is 2.83. The average molecular weight is 449 g/mol. The number of rotatable bonds is 8. The molecule has 1 unspecified atom stereocenters. The summed E-state index contributed by atoms with van der Waals surface area (Å²) in [7, 11) is 0. The van der Waals surface area contributed by atoms with Gasteiger partial charge in [-0.2, -0.15) is 13.2 Å². The molecule has 3 rings (SSSR count). The Balaban J connectivity index is 1.84. The number of hydrogen-bond donors (Lipinski definition) is 1. The third kappa shape index (κ3) is 6.33. The number of halogens is 3. The lowest BCUT2D eigenvalue weighted by Crippen LogP contribution is -2.35. The van der Waals surface area contributed by atoms with Crippen LogP contribution in [0.2, 0.25) is 0 Å². The van der Waals surface area contributed by atoms with E-state index >= 15 is 0 Å². The third-order valence-corrected chi connectivity index (χ3v) is 6.06. The number of imidazole rings is 1. The molecule has 0 aliphatic heterocycles. The second-order valence-electron chi connectivity index (χ2n) is 7.35. The van der Waals surface area contributed by atoms with E-state index in [0.29, 0.717) is 17.8 Å². The van der Waals surface area contributed by atoms with Crippen LogP contribution in [-0.4, -0.2) is 31.9 Å². The van der Waals surface area contributed by atoms with Crippen LogP contribution in [0, 0.1) is 5.92 Å². The lowest BCUT2D eigenvalue weighted by atomic mass is 10.1. The average Bonchev–Trinajstić information content (AvgIpc) is 3.12. The lowest BCUT2D eigenvalue weighted by molar-refractivity contribution is -0.141. The largest absolute Gasteiger partial charge is 0.406 e. The van der Waals surface area contributed by atoms with Crippen molar-refractivity contribution < 1.29 is 18.0 Å². The van der Waals surface area contributed by atoms with Gasteiger partial charge in [0, 0.05) is 18.9 Å². The van der Waals surface area contributed by atoms with Crippen LogP contribution in [0.15, 0.2) is 66.2 Å². The fourth-order valence-corrected chi connectivity index (χ4v) is 4.12. The maximum Gasteiger partial charge on any atom is 0.406 e. The molecule has 2 heterocycles. The monoisotopic (exact) mass is 448 g/mol. The van der Waals surface area contributed by atoms with Crippen molar-refractivity contribution in [3.8, 4) is 11.3 Å². The summed E-state index contributed by atoms with van der Waals surface area (Å²) in [5.41, 5.74) is 1.83. The zero-order chi connectivity index (χ0) is 22.4. The molecule has 3 aromatic rings. The molecule has 31 heavy (non-hydrogen) atoms. The molecule has 0 bridgehead atoms. The van der Waals surface area contributed by atoms with E-state index in [2.05, 4.69) is 15.3 Å². The zero-order valence-corrected chi connectivity index (χ0v) is 18.0. The first-order valence-electron chi connectivity index (χ1n) is 9.75. The van der Waals surface area contributed by atoms with Gasteiger partial charge >= 0.3 is 6.18 Å². The van der Waals surface area contributed by atoms with Gasteiger partial charge in [0.15, 0.2) is 5.16 Å². The minimum atomic E-state index is -4.42. The standard InChI is InChI=1S/C22H23F3N4OS/c1-15(2)19(20(30)27-12-16-7-6-10-26-11-16)31-21-28-13-18(17-8-4-3-5-9-17)29(21)14-22(23,24)25/h3-11,13,15,19H,12,14H2,1-2H3,(H,27,30). The molecular weight excluding hydrogens is 425 g/mol. The molecule has 0 saturated carbocycles. The molecule has 1 atom stereocenters. The number of aromatic nitrogens is 3. The molecule has 1 N–H and O–H groups in total. The van der Waals surface area contributed by atoms with E-state index in [-0.39, 0.29) is 17.0 Å². The Hall–Kier alpha value is -2.81. The van der Waals surface area contributed by atoms with E-state index in [1.54, 1.807) is 48.8 Å². The molecule has 164 valence electrons. The first-order valence-corrected chi connectivity index (χ1v) is 10.6. The first-order chi connectivity index (χ1) is 14.7. The molecule has 1 amide bonds. The Morgan fingerprint density at radius 2 is 1.87 bits per heavy atom. The highest BCUT2D eigenvalue weighted by atomic mass is 32.2. The maximum atomic E-state index is 13.3. The fourth-order valence-electron chi connectivity index (χ4n) is 3.02. The Morgan fingerprint density at radius 1 is 1.13 bits per heavy atom. The quantitative estimate of drug-likeness (QED) is 0.496. The fraction of sp³-hybridized carbons (Fsp3) is 0.318. The minimum Gasteiger partial charge on any atom is -0.351 e. The van der Waals surface area contributed by atoms with Crippen molar-refractivity contribution in [1.29, 1.82) is 0 Å².